The van der Waals surface area contributed by atoms with Crippen molar-refractivity contribution in [3.05, 3.63) is 58.1 Å². The topological polar surface area (TPSA) is 47.6 Å². The summed E-state index contributed by atoms with van der Waals surface area (Å²) in [5, 5.41) is 3.11. The van der Waals surface area contributed by atoms with E-state index in [-0.39, 0.29) is 11.3 Å². The highest BCUT2D eigenvalue weighted by atomic mass is 79.9. The van der Waals surface area contributed by atoms with Crippen LogP contribution < -0.4 is 14.8 Å². The predicted octanol–water partition coefficient (Wildman–Crippen LogP) is 3.61. The van der Waals surface area contributed by atoms with Crippen LogP contribution >= 0.6 is 15.9 Å². The van der Waals surface area contributed by atoms with Crippen LogP contribution in [0.5, 0.6) is 11.5 Å². The van der Waals surface area contributed by atoms with E-state index in [1.54, 1.807) is 0 Å². The molecule has 1 aliphatic carbocycles. The van der Waals surface area contributed by atoms with E-state index in [0.29, 0.717) is 31.9 Å². The van der Waals surface area contributed by atoms with Gasteiger partial charge in [-0.2, -0.15) is 0 Å². The third-order valence-electron chi connectivity index (χ3n) is 4.93. The zero-order valence-electron chi connectivity index (χ0n) is 13.9. The van der Waals surface area contributed by atoms with E-state index in [1.165, 1.54) is 5.56 Å². The van der Waals surface area contributed by atoms with Crippen molar-refractivity contribution in [1.29, 1.82) is 0 Å². The summed E-state index contributed by atoms with van der Waals surface area (Å²) in [4.78, 5) is 12.4. The van der Waals surface area contributed by atoms with E-state index in [2.05, 4.69) is 45.5 Å². The maximum absolute atomic E-state index is 12.4. The molecule has 0 spiro atoms. The minimum absolute atomic E-state index is 0.0274. The van der Waals surface area contributed by atoms with Crippen LogP contribution in [0.3, 0.4) is 0 Å². The molecule has 2 aliphatic rings. The molecule has 130 valence electrons. The standard InChI is InChI=1S/C20H20BrNO3/c21-16-12-18-17(24-8-9-25-18)10-14(16)11-19(23)22-13-20(6-7-20)15-4-2-1-3-5-15/h1-5,10,12H,6-9,11,13H2,(H,22,23). The normalized spacial score (nSPS) is 17.0. The molecule has 4 nitrogen and oxygen atoms in total. The summed E-state index contributed by atoms with van der Waals surface area (Å²) in [5.41, 5.74) is 2.35. The largest absolute Gasteiger partial charge is 0.486 e. The maximum atomic E-state index is 12.4. The van der Waals surface area contributed by atoms with Crippen molar-refractivity contribution >= 4 is 21.8 Å². The Balaban J connectivity index is 1.40. The molecule has 1 N–H and O–H groups in total. The summed E-state index contributed by atoms with van der Waals surface area (Å²) < 4.78 is 12.0. The number of hydrogen-bond donors (Lipinski definition) is 1. The minimum Gasteiger partial charge on any atom is -0.486 e. The van der Waals surface area contributed by atoms with Crippen LogP contribution in [-0.4, -0.2) is 25.7 Å². The second-order valence-electron chi connectivity index (χ2n) is 6.69. The van der Waals surface area contributed by atoms with Crippen LogP contribution in [0, 0.1) is 0 Å². The van der Waals surface area contributed by atoms with Gasteiger partial charge in [-0.3, -0.25) is 4.79 Å². The maximum Gasteiger partial charge on any atom is 0.224 e. The molecule has 1 fully saturated rings. The third kappa shape index (κ3) is 3.52. The van der Waals surface area contributed by atoms with Gasteiger partial charge in [-0.25, -0.2) is 0 Å². The lowest BCUT2D eigenvalue weighted by molar-refractivity contribution is -0.120. The Bertz CT molecular complexity index is 787. The lowest BCUT2D eigenvalue weighted by Crippen LogP contribution is -2.33. The summed E-state index contributed by atoms with van der Waals surface area (Å²) >= 11 is 3.53. The summed E-state index contributed by atoms with van der Waals surface area (Å²) in [6.07, 6.45) is 2.58. The van der Waals surface area contributed by atoms with Gasteiger partial charge in [0.1, 0.15) is 13.2 Å². The quantitative estimate of drug-likeness (QED) is 0.832. The van der Waals surface area contributed by atoms with Gasteiger partial charge in [0.2, 0.25) is 5.91 Å². The fourth-order valence-electron chi connectivity index (χ4n) is 3.25. The van der Waals surface area contributed by atoms with Crippen LogP contribution in [0.4, 0.5) is 0 Å². The molecule has 0 aromatic heterocycles. The van der Waals surface area contributed by atoms with Crippen molar-refractivity contribution in [2.45, 2.75) is 24.7 Å². The van der Waals surface area contributed by atoms with Crippen molar-refractivity contribution in [3.63, 3.8) is 0 Å². The summed E-state index contributed by atoms with van der Waals surface area (Å²) in [5.74, 6) is 1.46. The number of carbonyl (C=O) groups excluding carboxylic acids is 1. The molecule has 0 atom stereocenters. The van der Waals surface area contributed by atoms with Gasteiger partial charge in [-0.05, 0) is 36.1 Å². The predicted molar refractivity (Wildman–Crippen MR) is 99.2 cm³/mol. The van der Waals surface area contributed by atoms with Gasteiger partial charge in [0.05, 0.1) is 6.42 Å². The Hall–Kier alpha value is -2.01. The summed E-state index contributed by atoms with van der Waals surface area (Å²) in [6, 6.07) is 14.2. The van der Waals surface area contributed by atoms with Gasteiger partial charge in [0, 0.05) is 16.4 Å². The second kappa shape index (κ2) is 6.71. The highest BCUT2D eigenvalue weighted by molar-refractivity contribution is 9.10. The molecule has 1 aliphatic heterocycles. The lowest BCUT2D eigenvalue weighted by atomic mass is 9.96. The number of halogens is 1. The van der Waals surface area contributed by atoms with E-state index >= 15 is 0 Å². The number of carbonyl (C=O) groups is 1. The van der Waals surface area contributed by atoms with Crippen LogP contribution in [0.1, 0.15) is 24.0 Å². The molecule has 2 aromatic carbocycles. The smallest absolute Gasteiger partial charge is 0.224 e. The monoisotopic (exact) mass is 401 g/mol. The first kappa shape index (κ1) is 16.5. The molecule has 5 heteroatoms. The highest BCUT2D eigenvalue weighted by Crippen LogP contribution is 2.47. The first-order valence-electron chi connectivity index (χ1n) is 8.57. The molecule has 25 heavy (non-hydrogen) atoms. The molecule has 0 saturated heterocycles. The minimum atomic E-state index is 0.0274. The number of ether oxygens (including phenoxy) is 2. The summed E-state index contributed by atoms with van der Waals surface area (Å²) in [7, 11) is 0. The molecule has 0 bridgehead atoms. The Morgan fingerprint density at radius 2 is 1.76 bits per heavy atom. The SMILES string of the molecule is O=C(Cc1cc2c(cc1Br)OCCO2)NCC1(c2ccccc2)CC1. The van der Waals surface area contributed by atoms with E-state index in [1.807, 2.05) is 18.2 Å². The lowest BCUT2D eigenvalue weighted by Gasteiger charge is -2.20. The van der Waals surface area contributed by atoms with Gasteiger partial charge in [0.15, 0.2) is 11.5 Å². The molecule has 4 rings (SSSR count). The van der Waals surface area contributed by atoms with Crippen molar-refractivity contribution in [2.75, 3.05) is 19.8 Å². The van der Waals surface area contributed by atoms with E-state index < -0.39 is 0 Å². The van der Waals surface area contributed by atoms with Crippen LogP contribution in [0.25, 0.3) is 0 Å². The van der Waals surface area contributed by atoms with Gasteiger partial charge in [-0.1, -0.05) is 46.3 Å². The molecule has 1 amide bonds. The van der Waals surface area contributed by atoms with Crippen molar-refractivity contribution in [3.8, 4) is 11.5 Å². The number of amides is 1. The number of fused-ring (bicyclic) bond motifs is 1. The fraction of sp³-hybridized carbons (Fsp3) is 0.350. The van der Waals surface area contributed by atoms with Crippen LogP contribution in [0.15, 0.2) is 46.9 Å². The molecule has 0 unspecified atom stereocenters. The Labute approximate surface area is 155 Å². The van der Waals surface area contributed by atoms with Gasteiger partial charge in [-0.15, -0.1) is 0 Å². The molecule has 0 radical (unpaired) electrons. The molecule has 2 aromatic rings. The van der Waals surface area contributed by atoms with E-state index in [0.717, 1.165) is 28.6 Å². The van der Waals surface area contributed by atoms with Crippen molar-refractivity contribution < 1.29 is 14.3 Å². The first-order chi connectivity index (χ1) is 12.2. The van der Waals surface area contributed by atoms with Crippen molar-refractivity contribution in [1.82, 2.24) is 5.32 Å². The first-order valence-corrected chi connectivity index (χ1v) is 9.36. The zero-order chi connectivity index (χ0) is 17.3. The Kier molecular flexibility index (Phi) is 4.42. The van der Waals surface area contributed by atoms with Gasteiger partial charge < -0.3 is 14.8 Å². The van der Waals surface area contributed by atoms with Gasteiger partial charge >= 0.3 is 0 Å². The summed E-state index contributed by atoms with van der Waals surface area (Å²) in [6.45, 7) is 1.79. The zero-order valence-corrected chi connectivity index (χ0v) is 15.5. The van der Waals surface area contributed by atoms with Gasteiger partial charge in [0.25, 0.3) is 0 Å². The van der Waals surface area contributed by atoms with Crippen LogP contribution in [0.2, 0.25) is 0 Å². The molecular weight excluding hydrogens is 382 g/mol. The van der Waals surface area contributed by atoms with Crippen LogP contribution in [-0.2, 0) is 16.6 Å². The fourth-order valence-corrected chi connectivity index (χ4v) is 3.72. The van der Waals surface area contributed by atoms with E-state index in [4.69, 9.17) is 9.47 Å². The Morgan fingerprint density at radius 1 is 1.08 bits per heavy atom. The average Bonchev–Trinajstić information content (AvgIpc) is 3.43. The van der Waals surface area contributed by atoms with E-state index in [9.17, 15) is 4.79 Å². The molecule has 1 saturated carbocycles. The average molecular weight is 402 g/mol. The number of rotatable bonds is 5. The number of hydrogen-bond acceptors (Lipinski definition) is 3. The molecular formula is C20H20BrNO3. The number of nitrogens with one attached hydrogen (secondary N) is 1. The number of benzene rings is 2. The Morgan fingerprint density at radius 3 is 2.44 bits per heavy atom. The highest BCUT2D eigenvalue weighted by Gasteiger charge is 2.44. The van der Waals surface area contributed by atoms with Crippen molar-refractivity contribution in [2.24, 2.45) is 0 Å². The second-order valence-corrected chi connectivity index (χ2v) is 7.54. The molecule has 1 heterocycles. The third-order valence-corrected chi connectivity index (χ3v) is 5.66.